The van der Waals surface area contributed by atoms with Crippen LogP contribution < -0.4 is 10.3 Å². The predicted molar refractivity (Wildman–Crippen MR) is 74.2 cm³/mol. The van der Waals surface area contributed by atoms with Gasteiger partial charge in [0.15, 0.2) is 0 Å². The topological polar surface area (TPSA) is 62.3 Å². The van der Waals surface area contributed by atoms with Crippen LogP contribution in [0, 0.1) is 0 Å². The molecule has 19 heavy (non-hydrogen) atoms. The van der Waals surface area contributed by atoms with Gasteiger partial charge in [0.2, 0.25) is 0 Å². The molecule has 0 spiro atoms. The maximum absolute atomic E-state index is 11.6. The lowest BCUT2D eigenvalue weighted by Crippen LogP contribution is -2.12. The van der Waals surface area contributed by atoms with Crippen molar-refractivity contribution in [3.63, 3.8) is 0 Å². The van der Waals surface area contributed by atoms with E-state index in [4.69, 9.17) is 9.84 Å². The Morgan fingerprint density at radius 1 is 1.16 bits per heavy atom. The third-order valence-electron chi connectivity index (χ3n) is 2.80. The van der Waals surface area contributed by atoms with E-state index >= 15 is 0 Å². The largest absolute Gasteiger partial charge is 0.494 e. The molecule has 0 saturated carbocycles. The van der Waals surface area contributed by atoms with Crippen LogP contribution >= 0.6 is 0 Å². The number of aliphatic hydroxyl groups excluding tert-OH is 1. The fraction of sp³-hybridized carbons (Fsp3) is 0.267. The second kappa shape index (κ2) is 6.20. The molecule has 2 N–H and O–H groups in total. The Kier molecular flexibility index (Phi) is 4.36. The highest BCUT2D eigenvalue weighted by molar-refractivity contribution is 5.60. The lowest BCUT2D eigenvalue weighted by atomic mass is 10.1. The molecule has 1 heterocycles. The quantitative estimate of drug-likeness (QED) is 0.866. The maximum Gasteiger partial charge on any atom is 0.253 e. The molecule has 0 bridgehead atoms. The molecule has 4 nitrogen and oxygen atoms in total. The molecule has 0 aliphatic carbocycles. The molecule has 1 aromatic carbocycles. The first kappa shape index (κ1) is 13.4. The van der Waals surface area contributed by atoms with E-state index in [1.54, 1.807) is 12.1 Å². The second-order valence-electron chi connectivity index (χ2n) is 4.26. The minimum Gasteiger partial charge on any atom is -0.494 e. The minimum atomic E-state index is -0.258. The first-order valence-electron chi connectivity index (χ1n) is 6.31. The lowest BCUT2D eigenvalue weighted by molar-refractivity contribution is 0.280. The van der Waals surface area contributed by atoms with Crippen LogP contribution in [-0.2, 0) is 6.61 Å². The van der Waals surface area contributed by atoms with Gasteiger partial charge in [0.1, 0.15) is 5.75 Å². The number of aliphatic hydroxyl groups is 1. The summed E-state index contributed by atoms with van der Waals surface area (Å²) in [7, 11) is 0. The highest BCUT2D eigenvalue weighted by atomic mass is 16.5. The van der Waals surface area contributed by atoms with Crippen LogP contribution in [-0.4, -0.2) is 16.7 Å². The average Bonchev–Trinajstić information content (AvgIpc) is 2.45. The molecule has 0 aliphatic heterocycles. The molecule has 0 aliphatic rings. The number of nitrogens with one attached hydrogen (secondary N) is 1. The smallest absolute Gasteiger partial charge is 0.253 e. The van der Waals surface area contributed by atoms with Crippen molar-refractivity contribution in [2.75, 3.05) is 6.61 Å². The third-order valence-corrected chi connectivity index (χ3v) is 2.80. The van der Waals surface area contributed by atoms with E-state index in [1.165, 1.54) is 0 Å². The van der Waals surface area contributed by atoms with E-state index in [9.17, 15) is 4.79 Å². The van der Waals surface area contributed by atoms with E-state index in [1.807, 2.05) is 24.3 Å². The van der Waals surface area contributed by atoms with Crippen molar-refractivity contribution in [3.05, 3.63) is 52.3 Å². The Hall–Kier alpha value is -2.07. The summed E-state index contributed by atoms with van der Waals surface area (Å²) in [6.07, 6.45) is 0.970. The molecule has 2 aromatic rings. The normalized spacial score (nSPS) is 10.4. The summed E-state index contributed by atoms with van der Waals surface area (Å²) in [5, 5.41) is 8.96. The molecule has 0 saturated heterocycles. The average molecular weight is 259 g/mol. The molecule has 0 radical (unpaired) electrons. The van der Waals surface area contributed by atoms with E-state index in [0.717, 1.165) is 23.4 Å². The number of aromatic amines is 1. The standard InChI is InChI=1S/C15H17NO3/c1-2-9-19-13-6-3-11(4-7-13)14-8-5-12(10-17)15(18)16-14/h3-8,17H,2,9-10H2,1H3,(H,16,18). The van der Waals surface area contributed by atoms with Gasteiger partial charge in [-0.2, -0.15) is 0 Å². The summed E-state index contributed by atoms with van der Waals surface area (Å²) in [6, 6.07) is 11.0. The van der Waals surface area contributed by atoms with Crippen LogP contribution in [0.3, 0.4) is 0 Å². The van der Waals surface area contributed by atoms with E-state index in [-0.39, 0.29) is 12.2 Å². The molecule has 100 valence electrons. The number of benzene rings is 1. The first-order valence-corrected chi connectivity index (χ1v) is 6.31. The summed E-state index contributed by atoms with van der Waals surface area (Å²) in [5.41, 5.74) is 1.74. The van der Waals surface area contributed by atoms with Gasteiger partial charge in [0.05, 0.1) is 13.2 Å². The number of H-pyrrole nitrogens is 1. The van der Waals surface area contributed by atoms with Gasteiger partial charge >= 0.3 is 0 Å². The Morgan fingerprint density at radius 2 is 1.89 bits per heavy atom. The number of rotatable bonds is 5. The molecular formula is C15H17NO3. The Balaban J connectivity index is 2.22. The van der Waals surface area contributed by atoms with Gasteiger partial charge in [0.25, 0.3) is 5.56 Å². The van der Waals surface area contributed by atoms with E-state index in [2.05, 4.69) is 11.9 Å². The van der Waals surface area contributed by atoms with Gasteiger partial charge in [-0.25, -0.2) is 0 Å². The van der Waals surface area contributed by atoms with Crippen molar-refractivity contribution in [2.24, 2.45) is 0 Å². The molecule has 4 heteroatoms. The van der Waals surface area contributed by atoms with Crippen molar-refractivity contribution in [2.45, 2.75) is 20.0 Å². The number of hydrogen-bond acceptors (Lipinski definition) is 3. The number of aromatic nitrogens is 1. The number of ether oxygens (including phenoxy) is 1. The van der Waals surface area contributed by atoms with Gasteiger partial charge in [-0.3, -0.25) is 4.79 Å². The Bertz CT molecular complexity index is 587. The first-order chi connectivity index (χ1) is 9.24. The molecule has 0 fully saturated rings. The summed E-state index contributed by atoms with van der Waals surface area (Å²) in [6.45, 7) is 2.50. The molecule has 0 unspecified atom stereocenters. The van der Waals surface area contributed by atoms with Crippen molar-refractivity contribution in [1.82, 2.24) is 4.98 Å². The van der Waals surface area contributed by atoms with Crippen molar-refractivity contribution in [3.8, 4) is 17.0 Å². The molecule has 0 amide bonds. The summed E-state index contributed by atoms with van der Waals surface area (Å²) < 4.78 is 5.50. The molecule has 0 atom stereocenters. The zero-order valence-corrected chi connectivity index (χ0v) is 10.8. The maximum atomic E-state index is 11.6. The zero-order chi connectivity index (χ0) is 13.7. The van der Waals surface area contributed by atoms with Crippen LogP contribution in [0.4, 0.5) is 0 Å². The van der Waals surface area contributed by atoms with Crippen LogP contribution in [0.25, 0.3) is 11.3 Å². The fourth-order valence-corrected chi connectivity index (χ4v) is 1.75. The van der Waals surface area contributed by atoms with Crippen molar-refractivity contribution < 1.29 is 9.84 Å². The van der Waals surface area contributed by atoms with Crippen molar-refractivity contribution >= 4 is 0 Å². The molecule has 1 aromatic heterocycles. The Labute approximate surface area is 111 Å². The van der Waals surface area contributed by atoms with Crippen LogP contribution in [0.2, 0.25) is 0 Å². The highest BCUT2D eigenvalue weighted by Gasteiger charge is 2.02. The SMILES string of the molecule is CCCOc1ccc(-c2ccc(CO)c(=O)[nH]2)cc1. The monoisotopic (exact) mass is 259 g/mol. The van der Waals surface area contributed by atoms with Gasteiger partial charge in [-0.15, -0.1) is 0 Å². The fourth-order valence-electron chi connectivity index (χ4n) is 1.75. The number of pyridine rings is 1. The van der Waals surface area contributed by atoms with Gasteiger partial charge < -0.3 is 14.8 Å². The summed E-state index contributed by atoms with van der Waals surface area (Å²) in [5.74, 6) is 0.819. The van der Waals surface area contributed by atoms with Crippen LogP contribution in [0.5, 0.6) is 5.75 Å². The van der Waals surface area contributed by atoms with Gasteiger partial charge in [0, 0.05) is 11.3 Å². The van der Waals surface area contributed by atoms with Gasteiger partial charge in [-0.05, 0) is 48.4 Å². The van der Waals surface area contributed by atoms with Crippen LogP contribution in [0.15, 0.2) is 41.2 Å². The number of hydrogen-bond donors (Lipinski definition) is 2. The van der Waals surface area contributed by atoms with Gasteiger partial charge in [-0.1, -0.05) is 6.92 Å². The molecular weight excluding hydrogens is 242 g/mol. The summed E-state index contributed by atoms with van der Waals surface area (Å²) in [4.78, 5) is 14.4. The minimum absolute atomic E-state index is 0.251. The lowest BCUT2D eigenvalue weighted by Gasteiger charge is -2.06. The molecule has 2 rings (SSSR count). The summed E-state index contributed by atoms with van der Waals surface area (Å²) >= 11 is 0. The zero-order valence-electron chi connectivity index (χ0n) is 10.8. The highest BCUT2D eigenvalue weighted by Crippen LogP contribution is 2.20. The van der Waals surface area contributed by atoms with E-state index in [0.29, 0.717) is 12.2 Å². The van der Waals surface area contributed by atoms with E-state index < -0.39 is 0 Å². The third kappa shape index (κ3) is 3.23. The van der Waals surface area contributed by atoms with Crippen molar-refractivity contribution in [1.29, 1.82) is 0 Å². The second-order valence-corrected chi connectivity index (χ2v) is 4.26. The van der Waals surface area contributed by atoms with Crippen LogP contribution in [0.1, 0.15) is 18.9 Å². The predicted octanol–water partition coefficient (Wildman–Crippen LogP) is 2.32. The Morgan fingerprint density at radius 3 is 2.47 bits per heavy atom.